The van der Waals surface area contributed by atoms with Crippen molar-refractivity contribution in [3.63, 3.8) is 0 Å². The van der Waals surface area contributed by atoms with E-state index in [9.17, 15) is 29.5 Å². The van der Waals surface area contributed by atoms with Gasteiger partial charge in [0.1, 0.15) is 36.6 Å². The number of carbonyl (C=O) groups is 4. The third-order valence-electron chi connectivity index (χ3n) is 12.0. The fourth-order valence-corrected chi connectivity index (χ4v) is 9.11. The zero-order chi connectivity index (χ0) is 45.2. The van der Waals surface area contributed by atoms with Gasteiger partial charge in [0.25, 0.3) is 5.91 Å². The zero-order valence-electron chi connectivity index (χ0n) is 36.5. The Morgan fingerprint density at radius 1 is 0.903 bits per heavy atom. The molecule has 0 bridgehead atoms. The lowest BCUT2D eigenvalue weighted by Gasteiger charge is -2.63. The van der Waals surface area contributed by atoms with Crippen LogP contribution in [0.2, 0.25) is 5.02 Å². The van der Waals surface area contributed by atoms with E-state index in [1.165, 1.54) is 4.90 Å². The number of nitrogens with one attached hydrogen (secondary N) is 3. The Labute approximate surface area is 370 Å². The Hall–Kier alpha value is -5.47. The molecule has 3 atom stereocenters. The van der Waals surface area contributed by atoms with Crippen molar-refractivity contribution in [1.29, 1.82) is 10.5 Å². The van der Waals surface area contributed by atoms with Gasteiger partial charge in [-0.15, -0.1) is 0 Å². The molecule has 62 heavy (non-hydrogen) atoms. The molecule has 3 aromatic rings. The fraction of sp³-hybridized carbons (Fsp3) is 0.500. The summed E-state index contributed by atoms with van der Waals surface area (Å²) in [5.41, 5.74) is 2.69. The standard InChI is InChI=1S/C48H59ClN6O7/c1-30(2)41(44(60)55-28-36(56)23-39(55)43(59)52-27-33-14-12-32(25-50)13-15-33)53-40(57)29-61-22-10-8-7-9-11-31-16-18-34(19-17-31)42(58)54-45-47(3,4)46(48(45,5)6)62-37-21-20-35(26-51)38(49)24-37/h12-21,24,30,36,39,41,45-46,56H,7-11,22-23,27-29H2,1-6H3,(H,52,59)(H,53,57)(H,54,58)/t36-,39+,41+,45?,46?/m1/s1. The maximum absolute atomic E-state index is 13.6. The molecule has 3 aromatic carbocycles. The van der Waals surface area contributed by atoms with E-state index >= 15 is 0 Å². The number of aliphatic hydroxyl groups is 1. The summed E-state index contributed by atoms with van der Waals surface area (Å²) in [5.74, 6) is -1.09. The molecule has 1 aliphatic heterocycles. The molecule has 5 rings (SSSR count). The summed E-state index contributed by atoms with van der Waals surface area (Å²) < 4.78 is 12.0. The summed E-state index contributed by atoms with van der Waals surface area (Å²) in [5, 5.41) is 37.8. The van der Waals surface area contributed by atoms with Gasteiger partial charge in [-0.25, -0.2) is 0 Å². The number of amides is 4. The van der Waals surface area contributed by atoms with E-state index in [0.717, 1.165) is 43.2 Å². The van der Waals surface area contributed by atoms with Crippen LogP contribution in [0.25, 0.3) is 0 Å². The largest absolute Gasteiger partial charge is 0.489 e. The number of carbonyl (C=O) groups excluding carboxylic acids is 4. The molecule has 1 saturated carbocycles. The number of likely N-dealkylation sites (tertiary alicyclic amines) is 1. The molecule has 330 valence electrons. The number of rotatable bonds is 19. The number of ether oxygens (including phenoxy) is 2. The van der Waals surface area contributed by atoms with Crippen LogP contribution in [-0.2, 0) is 32.1 Å². The SMILES string of the molecule is CC(C)[C@H](NC(=O)COCCCCCCc1ccc(C(=O)NC2C(C)(C)C(Oc3ccc(C#N)c(Cl)c3)C2(C)C)cc1)C(=O)N1C[C@H](O)C[C@H]1C(=O)NCc1ccc(C#N)cc1. The predicted molar refractivity (Wildman–Crippen MR) is 235 cm³/mol. The van der Waals surface area contributed by atoms with E-state index in [0.29, 0.717) is 34.1 Å². The molecule has 4 amide bonds. The summed E-state index contributed by atoms with van der Waals surface area (Å²) in [7, 11) is 0. The molecule has 0 spiro atoms. The third kappa shape index (κ3) is 11.7. The quantitative estimate of drug-likeness (QED) is 0.101. The molecule has 4 N–H and O–H groups in total. The Morgan fingerprint density at radius 3 is 2.19 bits per heavy atom. The predicted octanol–water partition coefficient (Wildman–Crippen LogP) is 6.23. The number of benzene rings is 3. The number of hydrogen-bond acceptors (Lipinski definition) is 9. The zero-order valence-corrected chi connectivity index (χ0v) is 37.3. The van der Waals surface area contributed by atoms with E-state index in [2.05, 4.69) is 55.8 Å². The highest BCUT2D eigenvalue weighted by Crippen LogP contribution is 2.55. The minimum Gasteiger partial charge on any atom is -0.489 e. The van der Waals surface area contributed by atoms with Crippen LogP contribution in [0.3, 0.4) is 0 Å². The van der Waals surface area contributed by atoms with E-state index in [-0.39, 0.29) is 60.9 Å². The number of halogens is 1. The van der Waals surface area contributed by atoms with E-state index < -0.39 is 35.9 Å². The van der Waals surface area contributed by atoms with Crippen LogP contribution in [-0.4, -0.2) is 83.7 Å². The first-order valence-electron chi connectivity index (χ1n) is 21.3. The molecule has 1 aliphatic carbocycles. The minimum atomic E-state index is -0.897. The second-order valence-corrected chi connectivity index (χ2v) is 18.3. The Bertz CT molecular complexity index is 2130. The monoisotopic (exact) mass is 866 g/mol. The van der Waals surface area contributed by atoms with Crippen LogP contribution in [0.5, 0.6) is 5.75 Å². The topological polar surface area (TPSA) is 194 Å². The normalized spacial score (nSPS) is 20.3. The van der Waals surface area contributed by atoms with E-state index in [4.69, 9.17) is 26.3 Å². The van der Waals surface area contributed by atoms with Gasteiger partial charge in [-0.3, -0.25) is 19.2 Å². The highest BCUT2D eigenvalue weighted by molar-refractivity contribution is 6.31. The van der Waals surface area contributed by atoms with E-state index in [1.807, 2.05) is 38.1 Å². The Morgan fingerprint density at radius 2 is 1.56 bits per heavy atom. The van der Waals surface area contributed by atoms with Crippen molar-refractivity contribution in [1.82, 2.24) is 20.9 Å². The lowest BCUT2D eigenvalue weighted by Crippen LogP contribution is -2.74. The molecule has 0 radical (unpaired) electrons. The number of β-amino-alcohol motifs (C(OH)–C–C–N with tert-alkyl or cyclic N) is 1. The molecule has 0 unspecified atom stereocenters. The second-order valence-electron chi connectivity index (χ2n) is 17.9. The van der Waals surface area contributed by atoms with Gasteiger partial charge >= 0.3 is 0 Å². The van der Waals surface area contributed by atoms with Crippen LogP contribution in [0, 0.1) is 39.4 Å². The average Bonchev–Trinajstić information content (AvgIpc) is 3.65. The van der Waals surface area contributed by atoms with Crippen molar-refractivity contribution < 1.29 is 33.8 Å². The first-order valence-corrected chi connectivity index (χ1v) is 21.7. The number of aryl methyl sites for hydroxylation is 1. The van der Waals surface area contributed by atoms with Crippen LogP contribution >= 0.6 is 11.6 Å². The maximum Gasteiger partial charge on any atom is 0.251 e. The number of nitrogens with zero attached hydrogens (tertiary/aromatic N) is 3. The number of aliphatic hydroxyl groups excluding tert-OH is 1. The summed E-state index contributed by atoms with van der Waals surface area (Å²) in [6, 6.07) is 21.7. The summed E-state index contributed by atoms with van der Waals surface area (Å²) in [4.78, 5) is 54.3. The number of nitriles is 2. The minimum absolute atomic E-state index is 0.0121. The van der Waals surface area contributed by atoms with Gasteiger partial charge in [0.2, 0.25) is 17.7 Å². The van der Waals surface area contributed by atoms with Crippen molar-refractivity contribution in [2.45, 2.75) is 117 Å². The molecule has 1 heterocycles. The fourth-order valence-electron chi connectivity index (χ4n) is 8.90. The number of hydrogen-bond donors (Lipinski definition) is 4. The first-order chi connectivity index (χ1) is 29.5. The molecule has 0 aromatic heterocycles. The van der Waals surface area contributed by atoms with Gasteiger partial charge in [0, 0.05) is 54.6 Å². The second kappa shape index (κ2) is 21.1. The van der Waals surface area contributed by atoms with Crippen molar-refractivity contribution in [2.75, 3.05) is 19.8 Å². The molecule has 2 fully saturated rings. The maximum atomic E-state index is 13.6. The summed E-state index contributed by atoms with van der Waals surface area (Å²) >= 11 is 6.23. The Kier molecular flexibility index (Phi) is 16.2. The summed E-state index contributed by atoms with van der Waals surface area (Å²) in [6.07, 6.45) is 3.51. The average molecular weight is 867 g/mol. The molecule has 14 heteroatoms. The van der Waals surface area contributed by atoms with Gasteiger partial charge < -0.3 is 35.4 Å². The summed E-state index contributed by atoms with van der Waals surface area (Å²) in [6.45, 7) is 12.3. The highest BCUT2D eigenvalue weighted by atomic mass is 35.5. The smallest absolute Gasteiger partial charge is 0.251 e. The highest BCUT2D eigenvalue weighted by Gasteiger charge is 2.64. The molecular weight excluding hydrogens is 808 g/mol. The van der Waals surface area contributed by atoms with Gasteiger partial charge in [0.05, 0.1) is 28.3 Å². The van der Waals surface area contributed by atoms with Gasteiger partial charge in [-0.05, 0) is 72.7 Å². The first kappa shape index (κ1) is 47.6. The van der Waals surface area contributed by atoms with Crippen LogP contribution in [0.15, 0.2) is 66.7 Å². The van der Waals surface area contributed by atoms with Gasteiger partial charge in [-0.2, -0.15) is 10.5 Å². The van der Waals surface area contributed by atoms with Crippen molar-refractivity contribution >= 4 is 35.2 Å². The third-order valence-corrected chi connectivity index (χ3v) is 12.4. The van der Waals surface area contributed by atoms with Crippen molar-refractivity contribution in [3.05, 3.63) is 99.6 Å². The van der Waals surface area contributed by atoms with Crippen molar-refractivity contribution in [3.8, 4) is 17.9 Å². The number of unbranched alkanes of at least 4 members (excludes halogenated alkanes) is 3. The van der Waals surface area contributed by atoms with Gasteiger partial charge in [-0.1, -0.05) is 90.3 Å². The molecule has 1 saturated heterocycles. The van der Waals surface area contributed by atoms with Crippen LogP contribution < -0.4 is 20.7 Å². The van der Waals surface area contributed by atoms with Crippen molar-refractivity contribution in [2.24, 2.45) is 16.7 Å². The molecular formula is C48H59ClN6O7. The molecule has 2 aliphatic rings. The van der Waals surface area contributed by atoms with Gasteiger partial charge in [0.15, 0.2) is 0 Å². The molecule has 13 nitrogen and oxygen atoms in total. The van der Waals surface area contributed by atoms with Crippen LogP contribution in [0.1, 0.15) is 106 Å². The lowest BCUT2D eigenvalue weighted by atomic mass is 9.49. The van der Waals surface area contributed by atoms with E-state index in [1.54, 1.807) is 42.5 Å². The van der Waals surface area contributed by atoms with Crippen LogP contribution in [0.4, 0.5) is 0 Å². The Balaban J connectivity index is 0.976. The lowest BCUT2D eigenvalue weighted by molar-refractivity contribution is -0.164.